The molecule has 0 aromatic rings. The maximum Gasteiger partial charge on any atom is 0.0195 e. The van der Waals surface area contributed by atoms with Crippen molar-refractivity contribution in [2.24, 2.45) is 0 Å². The highest BCUT2D eigenvalue weighted by molar-refractivity contribution is 7.99. The van der Waals surface area contributed by atoms with Gasteiger partial charge in [-0.1, -0.05) is 0 Å². The Labute approximate surface area is 85.4 Å². The zero-order chi connectivity index (χ0) is 9.10. The monoisotopic (exact) mass is 200 g/mol. The smallest absolute Gasteiger partial charge is 0.0195 e. The van der Waals surface area contributed by atoms with Crippen LogP contribution < -0.4 is 5.32 Å². The van der Waals surface area contributed by atoms with Crippen LogP contribution in [-0.2, 0) is 0 Å². The normalized spacial score (nSPS) is 36.7. The summed E-state index contributed by atoms with van der Waals surface area (Å²) in [7, 11) is 0. The zero-order valence-electron chi connectivity index (χ0n) is 8.46. The molecule has 0 saturated carbocycles. The van der Waals surface area contributed by atoms with Crippen LogP contribution >= 0.6 is 11.8 Å². The third kappa shape index (κ3) is 2.61. The molecule has 0 spiro atoms. The first-order valence-corrected chi connectivity index (χ1v) is 6.57. The molecule has 0 amide bonds. The minimum Gasteiger partial charge on any atom is -0.313 e. The average Bonchev–Trinajstić information content (AvgIpc) is 2.61. The highest BCUT2D eigenvalue weighted by Crippen LogP contribution is 2.17. The van der Waals surface area contributed by atoms with Gasteiger partial charge in [0.25, 0.3) is 0 Å². The van der Waals surface area contributed by atoms with E-state index in [-0.39, 0.29) is 0 Å². The van der Waals surface area contributed by atoms with Gasteiger partial charge in [0.1, 0.15) is 0 Å². The third-order valence-electron chi connectivity index (χ3n) is 3.12. The molecule has 0 aromatic heterocycles. The molecule has 2 aliphatic heterocycles. The van der Waals surface area contributed by atoms with Gasteiger partial charge in [0.15, 0.2) is 0 Å². The van der Waals surface area contributed by atoms with Gasteiger partial charge < -0.3 is 5.32 Å². The summed E-state index contributed by atoms with van der Waals surface area (Å²) in [6.45, 7) is 6.18. The highest BCUT2D eigenvalue weighted by atomic mass is 32.2. The molecule has 2 saturated heterocycles. The van der Waals surface area contributed by atoms with Crippen molar-refractivity contribution in [1.82, 2.24) is 10.2 Å². The number of nitrogens with one attached hydrogen (secondary N) is 1. The Bertz CT molecular complexity index is 157. The van der Waals surface area contributed by atoms with Crippen LogP contribution in [0.3, 0.4) is 0 Å². The molecule has 0 bridgehead atoms. The minimum atomic E-state index is 0.783. The summed E-state index contributed by atoms with van der Waals surface area (Å²) in [5.41, 5.74) is 0. The summed E-state index contributed by atoms with van der Waals surface area (Å²) in [4.78, 5) is 2.65. The van der Waals surface area contributed by atoms with Crippen molar-refractivity contribution in [1.29, 1.82) is 0 Å². The summed E-state index contributed by atoms with van der Waals surface area (Å²) < 4.78 is 0. The first-order chi connectivity index (χ1) is 6.36. The molecule has 76 valence electrons. The van der Waals surface area contributed by atoms with Crippen LogP contribution in [-0.4, -0.2) is 48.1 Å². The van der Waals surface area contributed by atoms with Crippen LogP contribution in [0.25, 0.3) is 0 Å². The number of thioether (sulfide) groups is 1. The Morgan fingerprint density at radius 3 is 3.15 bits per heavy atom. The molecule has 3 heteroatoms. The van der Waals surface area contributed by atoms with Gasteiger partial charge in [-0.05, 0) is 26.3 Å². The molecule has 2 fully saturated rings. The SMILES string of the molecule is CC1CSCCN1CC1CCCN1. The third-order valence-corrected chi connectivity index (χ3v) is 4.31. The van der Waals surface area contributed by atoms with Gasteiger partial charge in [0.05, 0.1) is 0 Å². The summed E-state index contributed by atoms with van der Waals surface area (Å²) in [6, 6.07) is 1.58. The molecular formula is C10H20N2S. The summed E-state index contributed by atoms with van der Waals surface area (Å²) in [5, 5.41) is 3.58. The number of nitrogens with zero attached hydrogens (tertiary/aromatic N) is 1. The van der Waals surface area contributed by atoms with E-state index in [2.05, 4.69) is 28.9 Å². The fourth-order valence-electron chi connectivity index (χ4n) is 2.23. The fourth-order valence-corrected chi connectivity index (χ4v) is 3.31. The van der Waals surface area contributed by atoms with Crippen LogP contribution in [0.4, 0.5) is 0 Å². The molecule has 2 nitrogen and oxygen atoms in total. The molecule has 0 aliphatic carbocycles. The molecular weight excluding hydrogens is 180 g/mol. The van der Waals surface area contributed by atoms with E-state index in [1.54, 1.807) is 0 Å². The lowest BCUT2D eigenvalue weighted by Gasteiger charge is -2.34. The van der Waals surface area contributed by atoms with Crippen LogP contribution in [0.5, 0.6) is 0 Å². The van der Waals surface area contributed by atoms with Gasteiger partial charge in [-0.3, -0.25) is 4.90 Å². The van der Waals surface area contributed by atoms with E-state index in [1.807, 2.05) is 0 Å². The van der Waals surface area contributed by atoms with E-state index in [4.69, 9.17) is 0 Å². The highest BCUT2D eigenvalue weighted by Gasteiger charge is 2.23. The summed E-state index contributed by atoms with van der Waals surface area (Å²) in [6.07, 6.45) is 2.76. The predicted octanol–water partition coefficient (Wildman–Crippen LogP) is 1.18. The summed E-state index contributed by atoms with van der Waals surface area (Å²) in [5.74, 6) is 2.66. The molecule has 13 heavy (non-hydrogen) atoms. The Kier molecular flexibility index (Phi) is 3.52. The second-order valence-corrected chi connectivity index (χ2v) is 5.36. The number of hydrogen-bond donors (Lipinski definition) is 1. The molecule has 1 N–H and O–H groups in total. The van der Waals surface area contributed by atoms with E-state index in [1.165, 1.54) is 44.0 Å². The van der Waals surface area contributed by atoms with E-state index in [0.29, 0.717) is 0 Å². The lowest BCUT2D eigenvalue weighted by molar-refractivity contribution is 0.212. The van der Waals surface area contributed by atoms with Gasteiger partial charge in [-0.25, -0.2) is 0 Å². The first-order valence-electron chi connectivity index (χ1n) is 5.41. The van der Waals surface area contributed by atoms with Gasteiger partial charge in [-0.15, -0.1) is 0 Å². The van der Waals surface area contributed by atoms with Crippen LogP contribution in [0, 0.1) is 0 Å². The van der Waals surface area contributed by atoms with Gasteiger partial charge >= 0.3 is 0 Å². The molecule has 2 rings (SSSR count). The lowest BCUT2D eigenvalue weighted by Crippen LogP contribution is -2.46. The van der Waals surface area contributed by atoms with Crippen LogP contribution in [0.1, 0.15) is 19.8 Å². The zero-order valence-corrected chi connectivity index (χ0v) is 9.28. The van der Waals surface area contributed by atoms with Gasteiger partial charge in [0.2, 0.25) is 0 Å². The number of hydrogen-bond acceptors (Lipinski definition) is 3. The molecule has 2 atom stereocenters. The quantitative estimate of drug-likeness (QED) is 0.720. The molecule has 2 heterocycles. The van der Waals surface area contributed by atoms with Crippen LogP contribution in [0.15, 0.2) is 0 Å². The topological polar surface area (TPSA) is 15.3 Å². The Hall–Kier alpha value is 0.270. The molecule has 2 aliphatic rings. The average molecular weight is 200 g/mol. The Morgan fingerprint density at radius 1 is 1.54 bits per heavy atom. The standard InChI is InChI=1S/C10H20N2S/c1-9-8-13-6-5-12(9)7-10-3-2-4-11-10/h9-11H,2-8H2,1H3. The predicted molar refractivity (Wildman–Crippen MR) is 59.4 cm³/mol. The van der Waals surface area contributed by atoms with Crippen molar-refractivity contribution < 1.29 is 0 Å². The second kappa shape index (κ2) is 4.67. The van der Waals surface area contributed by atoms with Gasteiger partial charge in [-0.2, -0.15) is 11.8 Å². The van der Waals surface area contributed by atoms with Gasteiger partial charge in [0, 0.05) is 36.7 Å². The number of rotatable bonds is 2. The minimum absolute atomic E-state index is 0.783. The van der Waals surface area contributed by atoms with Crippen molar-refractivity contribution in [3.05, 3.63) is 0 Å². The van der Waals surface area contributed by atoms with E-state index in [9.17, 15) is 0 Å². The van der Waals surface area contributed by atoms with Crippen molar-refractivity contribution in [3.63, 3.8) is 0 Å². The summed E-state index contributed by atoms with van der Waals surface area (Å²) >= 11 is 2.10. The van der Waals surface area contributed by atoms with Crippen LogP contribution in [0.2, 0.25) is 0 Å². The maximum atomic E-state index is 3.58. The van der Waals surface area contributed by atoms with Crippen molar-refractivity contribution in [2.45, 2.75) is 31.8 Å². The first kappa shape index (κ1) is 9.81. The lowest BCUT2D eigenvalue weighted by atomic mass is 10.2. The Balaban J connectivity index is 1.78. The maximum absolute atomic E-state index is 3.58. The van der Waals surface area contributed by atoms with E-state index < -0.39 is 0 Å². The molecule has 0 radical (unpaired) electrons. The molecule has 2 unspecified atom stereocenters. The largest absolute Gasteiger partial charge is 0.313 e. The Morgan fingerprint density at radius 2 is 2.46 bits per heavy atom. The van der Waals surface area contributed by atoms with Crippen molar-refractivity contribution in [2.75, 3.05) is 31.1 Å². The van der Waals surface area contributed by atoms with Crippen molar-refractivity contribution in [3.8, 4) is 0 Å². The van der Waals surface area contributed by atoms with Crippen molar-refractivity contribution >= 4 is 11.8 Å². The fraction of sp³-hybridized carbons (Fsp3) is 1.00. The van der Waals surface area contributed by atoms with E-state index >= 15 is 0 Å². The van der Waals surface area contributed by atoms with E-state index in [0.717, 1.165) is 12.1 Å². The molecule has 0 aromatic carbocycles. The second-order valence-electron chi connectivity index (χ2n) is 4.21.